The lowest BCUT2D eigenvalue weighted by atomic mass is 9.98. The van der Waals surface area contributed by atoms with E-state index in [1.165, 1.54) is 0 Å². The van der Waals surface area contributed by atoms with Crippen molar-refractivity contribution in [1.82, 2.24) is 10.2 Å². The lowest BCUT2D eigenvalue weighted by Crippen LogP contribution is -2.45. The van der Waals surface area contributed by atoms with Gasteiger partial charge in [-0.15, -0.1) is 0 Å². The predicted molar refractivity (Wildman–Crippen MR) is 121 cm³/mol. The second-order valence-corrected chi connectivity index (χ2v) is 7.96. The van der Waals surface area contributed by atoms with E-state index in [0.717, 1.165) is 29.7 Å². The molecule has 1 fully saturated rings. The quantitative estimate of drug-likeness (QED) is 0.733. The Labute approximate surface area is 183 Å². The van der Waals surface area contributed by atoms with Crippen LogP contribution in [0.1, 0.15) is 34.3 Å². The number of rotatable bonds is 6. The van der Waals surface area contributed by atoms with Crippen LogP contribution in [0.25, 0.3) is 0 Å². The molecule has 1 atom stereocenters. The van der Waals surface area contributed by atoms with Gasteiger partial charge in [0.2, 0.25) is 0 Å². The minimum atomic E-state index is -0.186. The average Bonchev–Trinajstić information content (AvgIpc) is 2.79. The lowest BCUT2D eigenvalue weighted by Gasteiger charge is -2.33. The Kier molecular flexibility index (Phi) is 7.39. The Morgan fingerprint density at radius 2 is 1.71 bits per heavy atom. The minimum Gasteiger partial charge on any atom is -0.497 e. The highest BCUT2D eigenvalue weighted by atomic mass is 16.5. The Balaban J connectivity index is 1.57. The van der Waals surface area contributed by atoms with E-state index in [4.69, 9.17) is 9.47 Å². The fourth-order valence-corrected chi connectivity index (χ4v) is 3.89. The zero-order valence-corrected chi connectivity index (χ0v) is 18.7. The van der Waals surface area contributed by atoms with Crippen LogP contribution in [0, 0.1) is 19.8 Å². The van der Waals surface area contributed by atoms with Crippen LogP contribution in [-0.2, 0) is 0 Å². The van der Waals surface area contributed by atoms with Gasteiger partial charge in [-0.25, -0.2) is 4.79 Å². The van der Waals surface area contributed by atoms with E-state index < -0.39 is 0 Å². The first kappa shape index (κ1) is 22.5. The number of piperidine rings is 1. The number of likely N-dealkylation sites (tertiary alicyclic amines) is 1. The van der Waals surface area contributed by atoms with Gasteiger partial charge >= 0.3 is 6.03 Å². The summed E-state index contributed by atoms with van der Waals surface area (Å²) in [7, 11) is 3.10. The number of nitrogens with zero attached hydrogens (tertiary/aromatic N) is 1. The van der Waals surface area contributed by atoms with Crippen LogP contribution in [0.15, 0.2) is 36.4 Å². The van der Waals surface area contributed by atoms with Gasteiger partial charge in [-0.05, 0) is 55.9 Å². The number of ether oxygens (including phenoxy) is 2. The van der Waals surface area contributed by atoms with Crippen LogP contribution in [0.5, 0.6) is 11.5 Å². The number of aryl methyl sites for hydroxylation is 2. The Hall–Kier alpha value is -3.22. The molecule has 1 saturated heterocycles. The van der Waals surface area contributed by atoms with Crippen molar-refractivity contribution in [2.75, 3.05) is 39.2 Å². The molecule has 0 unspecified atom stereocenters. The van der Waals surface area contributed by atoms with Crippen molar-refractivity contribution in [2.45, 2.75) is 26.7 Å². The van der Waals surface area contributed by atoms with Crippen LogP contribution in [0.2, 0.25) is 0 Å². The van der Waals surface area contributed by atoms with Gasteiger partial charge in [0.1, 0.15) is 11.5 Å². The number of hydrogen-bond acceptors (Lipinski definition) is 4. The van der Waals surface area contributed by atoms with Gasteiger partial charge in [-0.2, -0.15) is 0 Å². The van der Waals surface area contributed by atoms with Gasteiger partial charge < -0.3 is 25.0 Å². The molecule has 7 nitrogen and oxygen atoms in total. The number of urea groups is 1. The van der Waals surface area contributed by atoms with Crippen molar-refractivity contribution in [3.63, 3.8) is 0 Å². The predicted octanol–water partition coefficient (Wildman–Crippen LogP) is 3.99. The number of methoxy groups -OCH3 is 2. The molecule has 2 aromatic carbocycles. The van der Waals surface area contributed by atoms with Crippen molar-refractivity contribution < 1.29 is 19.1 Å². The van der Waals surface area contributed by atoms with Gasteiger partial charge in [0.15, 0.2) is 0 Å². The molecule has 0 saturated carbocycles. The summed E-state index contributed by atoms with van der Waals surface area (Å²) < 4.78 is 10.5. The lowest BCUT2D eigenvalue weighted by molar-refractivity contribution is 0.0938. The third kappa shape index (κ3) is 5.69. The molecule has 1 heterocycles. The molecule has 0 aromatic heterocycles. The van der Waals surface area contributed by atoms with E-state index in [9.17, 15) is 9.59 Å². The number of para-hydroxylation sites is 1. The second-order valence-electron chi connectivity index (χ2n) is 7.96. The second kappa shape index (κ2) is 10.2. The highest BCUT2D eigenvalue weighted by Gasteiger charge is 2.25. The number of carbonyl (C=O) groups excluding carboxylic acids is 2. The molecule has 0 spiro atoms. The fraction of sp³-hybridized carbons (Fsp3) is 0.417. The first-order valence-corrected chi connectivity index (χ1v) is 10.5. The summed E-state index contributed by atoms with van der Waals surface area (Å²) in [4.78, 5) is 27.3. The molecule has 1 aliphatic heterocycles. The van der Waals surface area contributed by atoms with E-state index in [0.29, 0.717) is 36.7 Å². The molecular weight excluding hydrogens is 394 g/mol. The van der Waals surface area contributed by atoms with Crippen molar-refractivity contribution in [2.24, 2.45) is 5.92 Å². The average molecular weight is 426 g/mol. The summed E-state index contributed by atoms with van der Waals surface area (Å²) in [5.74, 6) is 1.15. The summed E-state index contributed by atoms with van der Waals surface area (Å²) >= 11 is 0. The molecular formula is C24H31N3O4. The number of benzene rings is 2. The number of hydrogen-bond donors (Lipinski definition) is 2. The van der Waals surface area contributed by atoms with Gasteiger partial charge in [-0.3, -0.25) is 4.79 Å². The van der Waals surface area contributed by atoms with Gasteiger partial charge in [-0.1, -0.05) is 18.2 Å². The van der Waals surface area contributed by atoms with Crippen LogP contribution in [0.4, 0.5) is 10.5 Å². The monoisotopic (exact) mass is 425 g/mol. The van der Waals surface area contributed by atoms with Crippen LogP contribution in [0.3, 0.4) is 0 Å². The van der Waals surface area contributed by atoms with Crippen molar-refractivity contribution in [3.05, 3.63) is 53.1 Å². The largest absolute Gasteiger partial charge is 0.497 e. The molecule has 31 heavy (non-hydrogen) atoms. The zero-order chi connectivity index (χ0) is 22.4. The maximum absolute atomic E-state index is 12.8. The van der Waals surface area contributed by atoms with Gasteiger partial charge in [0.25, 0.3) is 5.91 Å². The highest BCUT2D eigenvalue weighted by Crippen LogP contribution is 2.24. The molecule has 0 bridgehead atoms. The van der Waals surface area contributed by atoms with Gasteiger partial charge in [0.05, 0.1) is 14.2 Å². The minimum absolute atomic E-state index is 0.0917. The Morgan fingerprint density at radius 1 is 1.06 bits per heavy atom. The van der Waals surface area contributed by atoms with Crippen molar-refractivity contribution in [1.29, 1.82) is 0 Å². The van der Waals surface area contributed by atoms with E-state index in [2.05, 4.69) is 10.6 Å². The first-order valence-electron chi connectivity index (χ1n) is 10.5. The van der Waals surface area contributed by atoms with Crippen molar-refractivity contribution >= 4 is 17.6 Å². The molecule has 1 aliphatic rings. The molecule has 3 rings (SSSR count). The smallest absolute Gasteiger partial charge is 0.321 e. The van der Waals surface area contributed by atoms with Crippen LogP contribution < -0.4 is 20.1 Å². The van der Waals surface area contributed by atoms with Crippen LogP contribution in [-0.4, -0.2) is 50.7 Å². The van der Waals surface area contributed by atoms with Crippen LogP contribution >= 0.6 is 0 Å². The summed E-state index contributed by atoms with van der Waals surface area (Å²) in [6.07, 6.45) is 1.88. The van der Waals surface area contributed by atoms with E-state index >= 15 is 0 Å². The highest BCUT2D eigenvalue weighted by molar-refractivity contribution is 5.95. The summed E-state index contributed by atoms with van der Waals surface area (Å²) in [6, 6.07) is 11.0. The van der Waals surface area contributed by atoms with Crippen molar-refractivity contribution in [3.8, 4) is 11.5 Å². The number of carbonyl (C=O) groups is 2. The number of nitrogens with one attached hydrogen (secondary N) is 2. The summed E-state index contributed by atoms with van der Waals surface area (Å²) in [5, 5.41) is 6.05. The normalized spacial score (nSPS) is 15.9. The summed E-state index contributed by atoms with van der Waals surface area (Å²) in [6.45, 7) is 5.81. The maximum Gasteiger partial charge on any atom is 0.321 e. The topological polar surface area (TPSA) is 79.9 Å². The summed E-state index contributed by atoms with van der Waals surface area (Å²) in [5.41, 5.74) is 3.44. The maximum atomic E-state index is 12.8. The molecule has 0 radical (unpaired) electrons. The van der Waals surface area contributed by atoms with E-state index in [1.54, 1.807) is 32.4 Å². The number of anilines is 1. The third-order valence-corrected chi connectivity index (χ3v) is 5.68. The first-order chi connectivity index (χ1) is 14.9. The zero-order valence-electron chi connectivity index (χ0n) is 18.7. The number of amides is 3. The van der Waals surface area contributed by atoms with E-state index in [-0.39, 0.29) is 17.9 Å². The molecule has 166 valence electrons. The Bertz CT molecular complexity index is 902. The van der Waals surface area contributed by atoms with Gasteiger partial charge in [0, 0.05) is 37.0 Å². The third-order valence-electron chi connectivity index (χ3n) is 5.68. The molecule has 2 N–H and O–H groups in total. The standard InChI is InChI=1S/C24H31N3O4/c1-16-7-5-8-17(2)22(16)26-24(29)27-10-6-9-18(15-27)14-25-23(28)19-11-20(30-3)13-21(12-19)31-4/h5,7-8,11-13,18H,6,9-10,14-15H2,1-4H3,(H,25,28)(H,26,29)/t18-/m1/s1. The molecule has 7 heteroatoms. The van der Waals surface area contributed by atoms with E-state index in [1.807, 2.05) is 36.9 Å². The fourth-order valence-electron chi connectivity index (χ4n) is 3.89. The SMILES string of the molecule is COc1cc(OC)cc(C(=O)NC[C@H]2CCCN(C(=O)Nc3c(C)cccc3C)C2)c1. The molecule has 3 amide bonds. The Morgan fingerprint density at radius 3 is 2.32 bits per heavy atom. The molecule has 0 aliphatic carbocycles. The molecule has 2 aromatic rings.